The molecule has 0 unspecified atom stereocenters. The van der Waals surface area contributed by atoms with Crippen LogP contribution in [0, 0.1) is 0 Å². The summed E-state index contributed by atoms with van der Waals surface area (Å²) in [6.45, 7) is 8.81. The smallest absolute Gasteiger partial charge is 0.307 e. The normalized spacial score (nSPS) is 12.7. The Kier molecular flexibility index (Phi) is 14.8. The van der Waals surface area contributed by atoms with Crippen molar-refractivity contribution in [3.63, 3.8) is 0 Å². The average Bonchev–Trinajstić information content (AvgIpc) is 2.63. The van der Waals surface area contributed by atoms with E-state index in [0.29, 0.717) is 6.42 Å². The molecule has 0 aliphatic heterocycles. The summed E-state index contributed by atoms with van der Waals surface area (Å²) in [6, 6.07) is 0. The zero-order chi connectivity index (χ0) is 22.1. The lowest BCUT2D eigenvalue weighted by Gasteiger charge is -2.03. The predicted molar refractivity (Wildman–Crippen MR) is 116 cm³/mol. The predicted octanol–water partition coefficient (Wildman–Crippen LogP) is 5.89. The van der Waals surface area contributed by atoms with Crippen LogP contribution in [0.3, 0.4) is 0 Å². The third kappa shape index (κ3) is 17.2. The Bertz CT molecular complexity index is 686. The molecular formula is C24H34O5. The van der Waals surface area contributed by atoms with E-state index in [4.69, 9.17) is 9.47 Å². The van der Waals surface area contributed by atoms with Gasteiger partial charge in [0.05, 0.1) is 12.5 Å². The van der Waals surface area contributed by atoms with Crippen molar-refractivity contribution in [1.82, 2.24) is 0 Å². The summed E-state index contributed by atoms with van der Waals surface area (Å²) in [7, 11) is 0. The molecule has 0 spiro atoms. The second-order valence-corrected chi connectivity index (χ2v) is 7.06. The quantitative estimate of drug-likeness (QED) is 0.0959. The first kappa shape index (κ1) is 26.3. The Morgan fingerprint density at radius 2 is 1.31 bits per heavy atom. The minimum atomic E-state index is -0.410. The van der Waals surface area contributed by atoms with Crippen molar-refractivity contribution >= 4 is 18.2 Å². The van der Waals surface area contributed by atoms with Crippen LogP contribution in [-0.4, -0.2) is 18.2 Å². The number of allylic oxidation sites excluding steroid dienone is 8. The number of rotatable bonds is 13. The van der Waals surface area contributed by atoms with Gasteiger partial charge in [0.2, 0.25) is 0 Å². The number of carbonyl (C=O) groups excluding carboxylic acids is 3. The first-order valence-corrected chi connectivity index (χ1v) is 9.87. The molecule has 0 atom stereocenters. The molecule has 0 rings (SSSR count). The Labute approximate surface area is 174 Å². The maximum Gasteiger partial charge on any atom is 0.307 e. The van der Waals surface area contributed by atoms with Crippen molar-refractivity contribution in [3.8, 4) is 0 Å². The molecular weight excluding hydrogens is 368 g/mol. The second-order valence-electron chi connectivity index (χ2n) is 7.06. The molecule has 0 aliphatic carbocycles. The van der Waals surface area contributed by atoms with E-state index >= 15 is 0 Å². The summed E-state index contributed by atoms with van der Waals surface area (Å²) in [5.41, 5.74) is 4.08. The molecule has 0 aliphatic rings. The highest BCUT2D eigenvalue weighted by Gasteiger charge is 1.98. The molecule has 0 amide bonds. The van der Waals surface area contributed by atoms with Crippen LogP contribution in [0.1, 0.15) is 73.1 Å². The third-order valence-corrected chi connectivity index (χ3v) is 3.90. The van der Waals surface area contributed by atoms with Gasteiger partial charge < -0.3 is 9.47 Å². The molecule has 0 saturated heterocycles. The number of ether oxygens (including phenoxy) is 2. The lowest BCUT2D eigenvalue weighted by atomic mass is 10.0. The Morgan fingerprint density at radius 1 is 0.724 bits per heavy atom. The molecule has 29 heavy (non-hydrogen) atoms. The van der Waals surface area contributed by atoms with E-state index in [-0.39, 0.29) is 0 Å². The molecule has 0 bridgehead atoms. The molecule has 0 radical (unpaired) electrons. The number of aldehydes is 1. The lowest BCUT2D eigenvalue weighted by Crippen LogP contribution is -1.93. The first-order chi connectivity index (χ1) is 13.7. The van der Waals surface area contributed by atoms with E-state index in [9.17, 15) is 14.4 Å². The van der Waals surface area contributed by atoms with Gasteiger partial charge in [-0.15, -0.1) is 0 Å². The third-order valence-electron chi connectivity index (χ3n) is 3.90. The van der Waals surface area contributed by atoms with Crippen LogP contribution in [-0.2, 0) is 23.9 Å². The van der Waals surface area contributed by atoms with Gasteiger partial charge in [-0.3, -0.25) is 14.4 Å². The van der Waals surface area contributed by atoms with E-state index < -0.39 is 11.9 Å². The number of esters is 2. The Morgan fingerprint density at radius 3 is 1.90 bits per heavy atom. The largest absolute Gasteiger partial charge is 0.435 e. The van der Waals surface area contributed by atoms with Gasteiger partial charge in [-0.05, 0) is 76.5 Å². The standard InChI is InChI=1S/C24H34O5/c1-19(2)9-6-12-23(17-25)13-7-10-20(3)11-8-14-24(18-29-22(5)27)15-16-28-21(4)26/h9,11,13,15-18H,6-8,10,12,14H2,1-5H3/b16-15+,20-11+,23-13-,24-18+. The second kappa shape index (κ2) is 16.3. The highest BCUT2D eigenvalue weighted by molar-refractivity contribution is 5.73. The van der Waals surface area contributed by atoms with Crippen LogP contribution in [0.15, 0.2) is 59.1 Å². The van der Waals surface area contributed by atoms with Crippen LogP contribution in [0.2, 0.25) is 0 Å². The van der Waals surface area contributed by atoms with Crippen LogP contribution in [0.25, 0.3) is 0 Å². The van der Waals surface area contributed by atoms with E-state index in [1.54, 1.807) is 6.08 Å². The van der Waals surface area contributed by atoms with Crippen molar-refractivity contribution in [1.29, 1.82) is 0 Å². The van der Waals surface area contributed by atoms with E-state index in [1.807, 2.05) is 6.08 Å². The molecule has 0 N–H and O–H groups in total. The van der Waals surface area contributed by atoms with Gasteiger partial charge in [0.25, 0.3) is 0 Å². The van der Waals surface area contributed by atoms with E-state index in [1.165, 1.54) is 37.5 Å². The van der Waals surface area contributed by atoms with Gasteiger partial charge in [-0.1, -0.05) is 29.4 Å². The molecule has 5 nitrogen and oxygen atoms in total. The number of hydrogen-bond donors (Lipinski definition) is 0. The Balaban J connectivity index is 4.59. The summed E-state index contributed by atoms with van der Waals surface area (Å²) in [6.07, 6.45) is 16.3. The van der Waals surface area contributed by atoms with Gasteiger partial charge >= 0.3 is 11.9 Å². The summed E-state index contributed by atoms with van der Waals surface area (Å²) < 4.78 is 9.69. The van der Waals surface area contributed by atoms with Gasteiger partial charge in [-0.25, -0.2) is 0 Å². The SMILES string of the molecule is CC(=O)O/C=C/C(=C/OC(C)=O)CC/C=C(\C)CC/C=C(\C=O)CCC=C(C)C. The van der Waals surface area contributed by atoms with E-state index in [2.05, 4.69) is 32.9 Å². The Hall–Kier alpha value is -2.69. The monoisotopic (exact) mass is 402 g/mol. The number of hydrogen-bond acceptors (Lipinski definition) is 5. The zero-order valence-corrected chi connectivity index (χ0v) is 18.3. The highest BCUT2D eigenvalue weighted by Crippen LogP contribution is 2.14. The molecule has 0 heterocycles. The fourth-order valence-corrected chi connectivity index (χ4v) is 2.37. The van der Waals surface area contributed by atoms with Crippen LogP contribution >= 0.6 is 0 Å². The summed E-state index contributed by atoms with van der Waals surface area (Å²) in [4.78, 5) is 33.0. The van der Waals surface area contributed by atoms with Crippen molar-refractivity contribution in [2.24, 2.45) is 0 Å². The molecule has 0 saturated carbocycles. The highest BCUT2D eigenvalue weighted by atomic mass is 16.5. The van der Waals surface area contributed by atoms with E-state index in [0.717, 1.165) is 49.5 Å². The lowest BCUT2D eigenvalue weighted by molar-refractivity contribution is -0.136. The topological polar surface area (TPSA) is 69.7 Å². The van der Waals surface area contributed by atoms with Gasteiger partial charge in [-0.2, -0.15) is 0 Å². The van der Waals surface area contributed by atoms with Crippen molar-refractivity contribution in [2.75, 3.05) is 0 Å². The maximum atomic E-state index is 11.2. The average molecular weight is 403 g/mol. The maximum absolute atomic E-state index is 11.2. The van der Waals surface area contributed by atoms with Gasteiger partial charge in [0.15, 0.2) is 0 Å². The first-order valence-electron chi connectivity index (χ1n) is 9.87. The minimum absolute atomic E-state index is 0.405. The molecule has 5 heteroatoms. The molecule has 160 valence electrons. The molecule has 0 aromatic heterocycles. The van der Waals surface area contributed by atoms with Crippen molar-refractivity contribution in [3.05, 3.63) is 59.1 Å². The minimum Gasteiger partial charge on any atom is -0.435 e. The van der Waals surface area contributed by atoms with Crippen LogP contribution < -0.4 is 0 Å². The van der Waals surface area contributed by atoms with Crippen LogP contribution in [0.5, 0.6) is 0 Å². The van der Waals surface area contributed by atoms with Gasteiger partial charge in [0, 0.05) is 13.8 Å². The molecule has 0 aromatic carbocycles. The summed E-state index contributed by atoms with van der Waals surface area (Å²) in [5.74, 6) is -0.815. The van der Waals surface area contributed by atoms with Gasteiger partial charge in [0.1, 0.15) is 6.29 Å². The summed E-state index contributed by atoms with van der Waals surface area (Å²) in [5, 5.41) is 0. The van der Waals surface area contributed by atoms with Crippen molar-refractivity contribution in [2.45, 2.75) is 73.1 Å². The molecule has 0 fully saturated rings. The molecule has 0 aromatic rings. The van der Waals surface area contributed by atoms with Crippen LogP contribution in [0.4, 0.5) is 0 Å². The zero-order valence-electron chi connectivity index (χ0n) is 18.3. The fraction of sp³-hybridized carbons (Fsp3) is 0.458. The number of carbonyl (C=O) groups is 3. The summed E-state index contributed by atoms with van der Waals surface area (Å²) >= 11 is 0. The van der Waals surface area contributed by atoms with Crippen molar-refractivity contribution < 1.29 is 23.9 Å². The fourth-order valence-electron chi connectivity index (χ4n) is 2.37.